The Morgan fingerprint density at radius 2 is 1.89 bits per heavy atom. The Labute approximate surface area is 115 Å². The minimum atomic E-state index is -0.189. The molecule has 1 atom stereocenters. The Morgan fingerprint density at radius 3 is 2.47 bits per heavy atom. The van der Waals surface area contributed by atoms with Crippen LogP contribution in [0.2, 0.25) is 0 Å². The molecule has 3 nitrogen and oxygen atoms in total. The van der Waals surface area contributed by atoms with Gasteiger partial charge in [0.2, 0.25) is 0 Å². The van der Waals surface area contributed by atoms with Gasteiger partial charge in [-0.3, -0.25) is 0 Å². The van der Waals surface area contributed by atoms with Crippen molar-refractivity contribution in [3.05, 3.63) is 35.6 Å². The Morgan fingerprint density at radius 1 is 1.21 bits per heavy atom. The molecule has 0 aliphatic rings. The fourth-order valence-electron chi connectivity index (χ4n) is 1.85. The van der Waals surface area contributed by atoms with E-state index in [4.69, 9.17) is 4.74 Å². The normalized spacial score (nSPS) is 12.9. The number of halogens is 1. The summed E-state index contributed by atoms with van der Waals surface area (Å²) in [5.74, 6) is -0.189. The fourth-order valence-corrected chi connectivity index (χ4v) is 1.85. The van der Waals surface area contributed by atoms with Crippen LogP contribution in [0.15, 0.2) is 24.3 Å². The van der Waals surface area contributed by atoms with E-state index in [1.54, 1.807) is 0 Å². The van der Waals surface area contributed by atoms with Crippen molar-refractivity contribution in [3.63, 3.8) is 0 Å². The molecule has 0 aromatic heterocycles. The summed E-state index contributed by atoms with van der Waals surface area (Å²) in [7, 11) is 4.06. The van der Waals surface area contributed by atoms with Crippen LogP contribution in [0.1, 0.15) is 24.9 Å². The van der Waals surface area contributed by atoms with Gasteiger partial charge in [0, 0.05) is 19.1 Å². The molecule has 0 aliphatic heterocycles. The van der Waals surface area contributed by atoms with Gasteiger partial charge in [-0.25, -0.2) is 4.39 Å². The van der Waals surface area contributed by atoms with E-state index in [-0.39, 0.29) is 11.9 Å². The van der Waals surface area contributed by atoms with Crippen LogP contribution in [-0.4, -0.2) is 45.3 Å². The molecule has 0 amide bonds. The summed E-state index contributed by atoms with van der Waals surface area (Å²) < 4.78 is 18.4. The molecule has 1 rings (SSSR count). The minimum Gasteiger partial charge on any atom is -0.379 e. The summed E-state index contributed by atoms with van der Waals surface area (Å²) in [6.07, 6.45) is 0.976. The second kappa shape index (κ2) is 9.02. The molecule has 1 unspecified atom stereocenters. The second-order valence-corrected chi connectivity index (χ2v) is 4.88. The first-order chi connectivity index (χ1) is 9.13. The molecule has 4 heteroatoms. The maximum absolute atomic E-state index is 12.9. The lowest BCUT2D eigenvalue weighted by Gasteiger charge is -2.17. The van der Waals surface area contributed by atoms with Crippen molar-refractivity contribution < 1.29 is 9.13 Å². The smallest absolute Gasteiger partial charge is 0.123 e. The highest BCUT2D eigenvalue weighted by molar-refractivity contribution is 5.19. The quantitative estimate of drug-likeness (QED) is 0.696. The zero-order valence-corrected chi connectivity index (χ0v) is 12.2. The molecule has 0 saturated heterocycles. The van der Waals surface area contributed by atoms with Crippen molar-refractivity contribution in [2.24, 2.45) is 0 Å². The number of ether oxygens (including phenoxy) is 1. The van der Waals surface area contributed by atoms with Gasteiger partial charge in [0.1, 0.15) is 5.82 Å². The molecule has 0 bridgehead atoms. The lowest BCUT2D eigenvalue weighted by molar-refractivity contribution is 0.117. The first-order valence-corrected chi connectivity index (χ1v) is 6.84. The van der Waals surface area contributed by atoms with Crippen molar-refractivity contribution in [1.29, 1.82) is 0 Å². The van der Waals surface area contributed by atoms with Crippen LogP contribution >= 0.6 is 0 Å². The summed E-state index contributed by atoms with van der Waals surface area (Å²) >= 11 is 0. The summed E-state index contributed by atoms with van der Waals surface area (Å²) in [6, 6.07) is 6.95. The molecule has 1 aromatic carbocycles. The first-order valence-electron chi connectivity index (χ1n) is 6.84. The van der Waals surface area contributed by atoms with Crippen molar-refractivity contribution >= 4 is 0 Å². The van der Waals surface area contributed by atoms with Gasteiger partial charge >= 0.3 is 0 Å². The highest BCUT2D eigenvalue weighted by Gasteiger charge is 2.07. The van der Waals surface area contributed by atoms with E-state index < -0.39 is 0 Å². The Balaban J connectivity index is 2.24. The Kier molecular flexibility index (Phi) is 7.63. The zero-order valence-electron chi connectivity index (χ0n) is 12.2. The topological polar surface area (TPSA) is 24.5 Å². The van der Waals surface area contributed by atoms with Crippen LogP contribution in [0.3, 0.4) is 0 Å². The summed E-state index contributed by atoms with van der Waals surface area (Å²) in [5.41, 5.74) is 1.12. The van der Waals surface area contributed by atoms with E-state index in [0.717, 1.165) is 31.7 Å². The third kappa shape index (κ3) is 6.66. The number of nitrogens with one attached hydrogen (secondary N) is 1. The summed E-state index contributed by atoms with van der Waals surface area (Å²) in [6.45, 7) is 5.32. The van der Waals surface area contributed by atoms with E-state index >= 15 is 0 Å². The third-order valence-electron chi connectivity index (χ3n) is 3.00. The monoisotopic (exact) mass is 268 g/mol. The van der Waals surface area contributed by atoms with Gasteiger partial charge in [0.05, 0.1) is 13.2 Å². The molecule has 0 aliphatic carbocycles. The molecule has 1 N–H and O–H groups in total. The summed E-state index contributed by atoms with van der Waals surface area (Å²) in [4.78, 5) is 2.10. The summed E-state index contributed by atoms with van der Waals surface area (Å²) in [5, 5.41) is 3.43. The van der Waals surface area contributed by atoms with Crippen molar-refractivity contribution in [3.8, 4) is 0 Å². The van der Waals surface area contributed by atoms with E-state index in [0.29, 0.717) is 6.61 Å². The molecule has 0 saturated carbocycles. The van der Waals surface area contributed by atoms with Crippen LogP contribution in [0.25, 0.3) is 0 Å². The van der Waals surface area contributed by atoms with Gasteiger partial charge in [-0.05, 0) is 38.2 Å². The highest BCUT2D eigenvalue weighted by Crippen LogP contribution is 2.16. The number of likely N-dealkylation sites (N-methyl/N-ethyl adjacent to an activating group) is 1. The van der Waals surface area contributed by atoms with Crippen molar-refractivity contribution in [1.82, 2.24) is 10.2 Å². The maximum atomic E-state index is 12.9. The van der Waals surface area contributed by atoms with E-state index in [9.17, 15) is 4.39 Å². The molecule has 19 heavy (non-hydrogen) atoms. The lowest BCUT2D eigenvalue weighted by atomic mass is 10.0. The van der Waals surface area contributed by atoms with Gasteiger partial charge < -0.3 is 15.0 Å². The van der Waals surface area contributed by atoms with Gasteiger partial charge in [-0.1, -0.05) is 19.1 Å². The maximum Gasteiger partial charge on any atom is 0.123 e. The molecule has 1 aromatic rings. The average Bonchev–Trinajstić information content (AvgIpc) is 2.39. The predicted octanol–water partition coefficient (Wildman–Crippen LogP) is 2.44. The van der Waals surface area contributed by atoms with E-state index in [2.05, 4.69) is 17.1 Å². The lowest BCUT2D eigenvalue weighted by Crippen LogP contribution is -2.26. The Bertz CT molecular complexity index is 341. The van der Waals surface area contributed by atoms with E-state index in [1.165, 1.54) is 12.1 Å². The molecular weight excluding hydrogens is 243 g/mol. The van der Waals surface area contributed by atoms with Gasteiger partial charge in [0.25, 0.3) is 0 Å². The highest BCUT2D eigenvalue weighted by atomic mass is 19.1. The molecule has 108 valence electrons. The fraction of sp³-hybridized carbons (Fsp3) is 0.600. The number of hydrogen-bond acceptors (Lipinski definition) is 3. The Hall–Kier alpha value is -0.970. The van der Waals surface area contributed by atoms with Gasteiger partial charge in [-0.15, -0.1) is 0 Å². The van der Waals surface area contributed by atoms with Crippen LogP contribution in [0.5, 0.6) is 0 Å². The largest absolute Gasteiger partial charge is 0.379 e. The van der Waals surface area contributed by atoms with E-state index in [1.807, 2.05) is 26.2 Å². The number of benzene rings is 1. The molecule has 0 fully saturated rings. The number of nitrogens with zero attached hydrogens (tertiary/aromatic N) is 1. The van der Waals surface area contributed by atoms with Crippen LogP contribution in [0.4, 0.5) is 4.39 Å². The first kappa shape index (κ1) is 16.1. The molecule has 0 radical (unpaired) electrons. The van der Waals surface area contributed by atoms with Crippen molar-refractivity contribution in [2.45, 2.75) is 19.4 Å². The SMILES string of the molecule is CCC(NCCOCCN(C)C)c1ccc(F)cc1. The number of hydrogen-bond donors (Lipinski definition) is 1. The molecule has 0 spiro atoms. The second-order valence-electron chi connectivity index (χ2n) is 4.88. The van der Waals surface area contributed by atoms with Gasteiger partial charge in [0.15, 0.2) is 0 Å². The zero-order chi connectivity index (χ0) is 14.1. The van der Waals surface area contributed by atoms with Crippen LogP contribution in [0, 0.1) is 5.82 Å². The van der Waals surface area contributed by atoms with Crippen LogP contribution in [-0.2, 0) is 4.74 Å². The predicted molar refractivity (Wildman–Crippen MR) is 76.8 cm³/mol. The van der Waals surface area contributed by atoms with Gasteiger partial charge in [-0.2, -0.15) is 0 Å². The van der Waals surface area contributed by atoms with Crippen LogP contribution < -0.4 is 5.32 Å². The molecular formula is C15H25FN2O. The standard InChI is InChI=1S/C15H25FN2O/c1-4-15(13-5-7-14(16)8-6-13)17-9-11-19-12-10-18(2)3/h5-8,15,17H,4,9-12H2,1-3H3. The average molecular weight is 268 g/mol. The third-order valence-corrected chi connectivity index (χ3v) is 3.00. The van der Waals surface area contributed by atoms with Crippen molar-refractivity contribution in [2.75, 3.05) is 40.4 Å². The minimum absolute atomic E-state index is 0.189. The molecule has 0 heterocycles. The number of rotatable bonds is 9.